The molecule has 1 rings (SSSR count). The Balaban J connectivity index is 3.11. The number of hydrogen-bond donors (Lipinski definition) is 0. The Morgan fingerprint density at radius 2 is 1.67 bits per heavy atom. The first-order valence-corrected chi connectivity index (χ1v) is 8.49. The van der Waals surface area contributed by atoms with Crippen LogP contribution in [0, 0.1) is 5.92 Å². The smallest absolute Gasteiger partial charge is 0.382 e. The lowest BCUT2D eigenvalue weighted by Gasteiger charge is -2.40. The fourth-order valence-electron chi connectivity index (χ4n) is 2.20. The third-order valence-electron chi connectivity index (χ3n) is 3.11. The van der Waals surface area contributed by atoms with Gasteiger partial charge in [-0.05, 0) is 18.1 Å². The van der Waals surface area contributed by atoms with Gasteiger partial charge in [0, 0.05) is 32.5 Å². The molecule has 0 aliphatic carbocycles. The van der Waals surface area contributed by atoms with Crippen molar-refractivity contribution in [3.63, 3.8) is 0 Å². The number of hydrogen-bond acceptors (Lipinski definition) is 3. The predicted molar refractivity (Wildman–Crippen MR) is 78.9 cm³/mol. The minimum atomic E-state index is -2.32. The molecule has 0 saturated carbocycles. The fraction of sp³-hybridized carbons (Fsp3) is 0.571. The van der Waals surface area contributed by atoms with Crippen LogP contribution in [-0.2, 0) is 8.85 Å². The van der Waals surface area contributed by atoms with Crippen molar-refractivity contribution >= 4 is 14.4 Å². The van der Waals surface area contributed by atoms with Crippen molar-refractivity contribution in [1.82, 2.24) is 0 Å². The summed E-state index contributed by atoms with van der Waals surface area (Å²) < 4.78 is 13.9. The van der Waals surface area contributed by atoms with Gasteiger partial charge in [-0.1, -0.05) is 39.0 Å². The van der Waals surface area contributed by atoms with E-state index in [4.69, 9.17) is 8.85 Å². The number of rotatable bonds is 7. The summed E-state index contributed by atoms with van der Waals surface area (Å²) in [5.74, 6) is 0.564. The summed E-state index contributed by atoms with van der Waals surface area (Å²) in [6, 6.07) is 11.3. The zero-order valence-electron chi connectivity index (χ0n) is 12.1. The highest BCUT2D eigenvalue weighted by atomic mass is 28.4. The third-order valence-corrected chi connectivity index (χ3v) is 6.54. The fourth-order valence-corrected chi connectivity index (χ4v) is 4.95. The number of benzene rings is 1. The summed E-state index contributed by atoms with van der Waals surface area (Å²) in [4.78, 5) is 0. The summed E-state index contributed by atoms with van der Waals surface area (Å²) in [6.07, 6.45) is 0. The molecule has 18 heavy (non-hydrogen) atoms. The predicted octanol–water partition coefficient (Wildman–Crippen LogP) is 3.40. The second kappa shape index (κ2) is 6.92. The van der Waals surface area contributed by atoms with Crippen molar-refractivity contribution in [2.24, 2.45) is 5.92 Å². The quantitative estimate of drug-likeness (QED) is 0.707. The zero-order valence-corrected chi connectivity index (χ0v) is 13.1. The van der Waals surface area contributed by atoms with E-state index in [-0.39, 0.29) is 0 Å². The highest BCUT2D eigenvalue weighted by molar-refractivity contribution is 6.71. The van der Waals surface area contributed by atoms with Crippen LogP contribution in [0.25, 0.3) is 0 Å². The van der Waals surface area contributed by atoms with Gasteiger partial charge >= 0.3 is 8.72 Å². The zero-order chi connectivity index (χ0) is 13.6. The first kappa shape index (κ1) is 15.2. The van der Waals surface area contributed by atoms with Gasteiger partial charge in [-0.2, -0.15) is 0 Å². The Kier molecular flexibility index (Phi) is 5.85. The maximum Gasteiger partial charge on any atom is 0.458 e. The van der Waals surface area contributed by atoms with E-state index in [1.54, 1.807) is 14.2 Å². The molecule has 0 radical (unpaired) electrons. The summed E-state index contributed by atoms with van der Waals surface area (Å²) >= 11 is 0. The van der Waals surface area contributed by atoms with Gasteiger partial charge in [-0.15, -0.1) is 0 Å². The Bertz CT molecular complexity index is 331. The van der Waals surface area contributed by atoms with E-state index in [1.807, 2.05) is 6.07 Å². The van der Waals surface area contributed by atoms with Gasteiger partial charge < -0.3 is 13.4 Å². The molecule has 0 aliphatic rings. The van der Waals surface area contributed by atoms with E-state index >= 15 is 0 Å². The number of nitrogens with zero attached hydrogens (tertiary/aromatic N) is 1. The minimum absolute atomic E-state index is 0.564. The molecule has 0 spiro atoms. The van der Waals surface area contributed by atoms with E-state index in [1.165, 1.54) is 5.69 Å². The van der Waals surface area contributed by atoms with Gasteiger partial charge in [0.25, 0.3) is 0 Å². The highest BCUT2D eigenvalue weighted by Crippen LogP contribution is 2.26. The monoisotopic (exact) mass is 267 g/mol. The summed E-state index contributed by atoms with van der Waals surface area (Å²) in [5.41, 5.74) is 1.18. The Morgan fingerprint density at radius 1 is 1.11 bits per heavy atom. The maximum absolute atomic E-state index is 5.80. The van der Waals surface area contributed by atoms with E-state index in [0.29, 0.717) is 5.92 Å². The molecule has 3 nitrogen and oxygen atoms in total. The van der Waals surface area contributed by atoms with Crippen molar-refractivity contribution in [1.29, 1.82) is 0 Å². The highest BCUT2D eigenvalue weighted by Gasteiger charge is 2.42. The van der Waals surface area contributed by atoms with Crippen LogP contribution in [0.3, 0.4) is 0 Å². The molecule has 0 bridgehead atoms. The van der Waals surface area contributed by atoms with Gasteiger partial charge in [0.2, 0.25) is 0 Å². The van der Waals surface area contributed by atoms with Gasteiger partial charge in [-0.3, -0.25) is 0 Å². The van der Waals surface area contributed by atoms with Gasteiger partial charge in [0.1, 0.15) is 0 Å². The second-order valence-electron chi connectivity index (χ2n) is 4.81. The van der Waals surface area contributed by atoms with Crippen LogP contribution in [-0.4, -0.2) is 29.5 Å². The minimum Gasteiger partial charge on any atom is -0.382 e. The molecule has 102 valence electrons. The van der Waals surface area contributed by atoms with Crippen molar-refractivity contribution in [2.75, 3.05) is 25.3 Å². The van der Waals surface area contributed by atoms with Gasteiger partial charge in [0.05, 0.1) is 0 Å². The molecule has 0 unspecified atom stereocenters. The summed E-state index contributed by atoms with van der Waals surface area (Å²) in [5, 5.41) is 0. The van der Waals surface area contributed by atoms with Crippen molar-refractivity contribution in [3.05, 3.63) is 30.3 Å². The van der Waals surface area contributed by atoms with Crippen LogP contribution in [0.5, 0.6) is 0 Å². The average molecular weight is 267 g/mol. The van der Waals surface area contributed by atoms with E-state index in [2.05, 4.69) is 49.6 Å². The Morgan fingerprint density at radius 3 is 2.06 bits per heavy atom. The first-order chi connectivity index (χ1) is 8.59. The molecular weight excluding hydrogens is 242 g/mol. The number of para-hydroxylation sites is 1. The van der Waals surface area contributed by atoms with E-state index < -0.39 is 8.72 Å². The van der Waals surface area contributed by atoms with E-state index in [0.717, 1.165) is 12.6 Å². The first-order valence-electron chi connectivity index (χ1n) is 6.52. The van der Waals surface area contributed by atoms with Crippen LogP contribution in [0.15, 0.2) is 30.3 Å². The third kappa shape index (κ3) is 3.34. The molecule has 0 aromatic heterocycles. The summed E-state index contributed by atoms with van der Waals surface area (Å²) in [7, 11) is 1.20. The van der Waals surface area contributed by atoms with Crippen molar-refractivity contribution in [2.45, 2.75) is 26.8 Å². The number of anilines is 1. The average Bonchev–Trinajstić information content (AvgIpc) is 2.40. The van der Waals surface area contributed by atoms with Crippen LogP contribution in [0.4, 0.5) is 5.69 Å². The van der Waals surface area contributed by atoms with E-state index in [9.17, 15) is 0 Å². The molecule has 0 amide bonds. The molecule has 0 heterocycles. The molecule has 1 aromatic rings. The molecule has 1 aromatic carbocycles. The maximum atomic E-state index is 5.80. The van der Waals surface area contributed by atoms with Crippen LogP contribution in [0.2, 0.25) is 6.04 Å². The molecule has 0 fully saturated rings. The van der Waals surface area contributed by atoms with Crippen molar-refractivity contribution < 1.29 is 8.85 Å². The Hall–Kier alpha value is -0.843. The lowest BCUT2D eigenvalue weighted by atomic mass is 10.2. The lowest BCUT2D eigenvalue weighted by Crippen LogP contribution is -2.58. The molecule has 4 heteroatoms. The second-order valence-corrected chi connectivity index (χ2v) is 8.30. The van der Waals surface area contributed by atoms with Crippen LogP contribution >= 0.6 is 0 Å². The largest absolute Gasteiger partial charge is 0.458 e. The molecule has 0 aliphatic heterocycles. The molecule has 0 N–H and O–H groups in total. The van der Waals surface area contributed by atoms with Crippen LogP contribution in [0.1, 0.15) is 20.8 Å². The van der Waals surface area contributed by atoms with Crippen LogP contribution < -0.4 is 4.57 Å². The standard InChI is InChI=1S/C14H25NO2Si/c1-6-18(16-4,17-5)15(12-13(2)3)14-10-8-7-9-11-14/h7-11,13H,6,12H2,1-5H3. The normalized spacial score (nSPS) is 11.9. The van der Waals surface area contributed by atoms with Gasteiger partial charge in [0.15, 0.2) is 0 Å². The molecule has 0 saturated heterocycles. The Labute approximate surface area is 112 Å². The molecular formula is C14H25NO2Si. The lowest BCUT2D eigenvalue weighted by molar-refractivity contribution is 0.238. The van der Waals surface area contributed by atoms with Crippen molar-refractivity contribution in [3.8, 4) is 0 Å². The topological polar surface area (TPSA) is 21.7 Å². The van der Waals surface area contributed by atoms with Gasteiger partial charge in [-0.25, -0.2) is 0 Å². The SMILES string of the molecule is CC[Si](OC)(OC)N(CC(C)C)c1ccccc1. The molecule has 0 atom stereocenters. The summed E-state index contributed by atoms with van der Waals surface area (Å²) in [6.45, 7) is 7.52.